The number of aryl methyl sites for hydroxylation is 2. The highest BCUT2D eigenvalue weighted by Crippen LogP contribution is 2.33. The molecule has 0 bridgehead atoms. The Labute approximate surface area is 222 Å². The van der Waals surface area contributed by atoms with Gasteiger partial charge in [0.05, 0.1) is 11.1 Å². The molecule has 1 atom stereocenters. The third-order valence-corrected chi connectivity index (χ3v) is 6.05. The standard InChI is InChI=1S/C26H39N5O5S/c1-17(32)29-22-30-20(16-37-22)13-12-18-8-10-19(11-9-18)14-15-28-26(24(2,3)4,35-21(27)33)36-23(34)31-25(5,6)7/h8-11,16,28H,12-15H2,1-7H3,(H2,27,33)(H,31,34)(H,29,30,32). The zero-order valence-corrected chi connectivity index (χ0v) is 23.5. The Bertz CT molecular complexity index is 1070. The highest BCUT2D eigenvalue weighted by molar-refractivity contribution is 7.13. The molecule has 0 saturated carbocycles. The number of ether oxygens (including phenoxy) is 2. The lowest BCUT2D eigenvalue weighted by Crippen LogP contribution is -2.63. The van der Waals surface area contributed by atoms with Crippen LogP contribution in [-0.2, 0) is 33.5 Å². The van der Waals surface area contributed by atoms with Crippen molar-refractivity contribution >= 4 is 34.6 Å². The summed E-state index contributed by atoms with van der Waals surface area (Å²) in [6, 6.07) is 8.17. The van der Waals surface area contributed by atoms with Crippen LogP contribution in [0.25, 0.3) is 0 Å². The van der Waals surface area contributed by atoms with Gasteiger partial charge in [0.25, 0.3) is 0 Å². The first-order valence-corrected chi connectivity index (χ1v) is 13.0. The predicted molar refractivity (Wildman–Crippen MR) is 144 cm³/mol. The predicted octanol–water partition coefficient (Wildman–Crippen LogP) is 4.34. The summed E-state index contributed by atoms with van der Waals surface area (Å²) in [5.41, 5.74) is 7.12. The van der Waals surface area contributed by atoms with E-state index in [4.69, 9.17) is 15.2 Å². The fraction of sp³-hybridized carbons (Fsp3) is 0.538. The van der Waals surface area contributed by atoms with Crippen LogP contribution in [0.1, 0.15) is 65.3 Å². The van der Waals surface area contributed by atoms with E-state index >= 15 is 0 Å². The molecule has 1 aromatic heterocycles. The Morgan fingerprint density at radius 2 is 1.54 bits per heavy atom. The molecule has 0 aliphatic heterocycles. The number of rotatable bonds is 10. The molecule has 2 rings (SSSR count). The summed E-state index contributed by atoms with van der Waals surface area (Å²) in [5.74, 6) is -1.90. The van der Waals surface area contributed by atoms with Crippen molar-refractivity contribution in [1.29, 1.82) is 0 Å². The molecule has 1 aromatic carbocycles. The molecule has 3 amide bonds. The second kappa shape index (κ2) is 12.4. The van der Waals surface area contributed by atoms with Crippen molar-refractivity contribution in [3.8, 4) is 0 Å². The Morgan fingerprint density at radius 1 is 0.946 bits per heavy atom. The molecule has 0 aliphatic rings. The number of benzene rings is 1. The molecule has 0 spiro atoms. The number of carbonyl (C=O) groups excluding carboxylic acids is 3. The minimum atomic E-state index is -1.77. The van der Waals surface area contributed by atoms with E-state index in [0.29, 0.717) is 18.1 Å². The Hall–Kier alpha value is -3.18. The zero-order valence-electron chi connectivity index (χ0n) is 22.7. The molecule has 0 saturated heterocycles. The average molecular weight is 534 g/mol. The van der Waals surface area contributed by atoms with Gasteiger partial charge in [-0.05, 0) is 51.2 Å². The van der Waals surface area contributed by atoms with Crippen LogP contribution in [0.4, 0.5) is 14.7 Å². The van der Waals surface area contributed by atoms with Crippen LogP contribution in [0.2, 0.25) is 0 Å². The van der Waals surface area contributed by atoms with E-state index in [2.05, 4.69) is 33.1 Å². The fourth-order valence-corrected chi connectivity index (χ4v) is 4.21. The monoisotopic (exact) mass is 533 g/mol. The van der Waals surface area contributed by atoms with Crippen LogP contribution in [0.15, 0.2) is 29.6 Å². The number of aromatic nitrogens is 1. The number of alkyl carbamates (subject to hydrolysis) is 1. The van der Waals surface area contributed by atoms with E-state index in [1.807, 2.05) is 38.3 Å². The van der Waals surface area contributed by atoms with Crippen LogP contribution >= 0.6 is 11.3 Å². The quantitative estimate of drug-likeness (QED) is 0.333. The number of thiazole rings is 1. The number of nitrogens with two attached hydrogens (primary N) is 1. The van der Waals surface area contributed by atoms with E-state index in [1.165, 1.54) is 18.3 Å². The minimum Gasteiger partial charge on any atom is -0.392 e. The molecule has 2 aromatic rings. The van der Waals surface area contributed by atoms with Gasteiger partial charge in [-0.25, -0.2) is 19.9 Å². The van der Waals surface area contributed by atoms with Gasteiger partial charge in [-0.1, -0.05) is 45.0 Å². The summed E-state index contributed by atoms with van der Waals surface area (Å²) in [7, 11) is 0. The number of carbonyl (C=O) groups is 3. The molecular formula is C26H39N5O5S. The summed E-state index contributed by atoms with van der Waals surface area (Å²) in [5, 5.41) is 11.1. The number of hydrogen-bond donors (Lipinski definition) is 4. The van der Waals surface area contributed by atoms with Gasteiger partial charge in [0.1, 0.15) is 0 Å². The molecule has 10 nitrogen and oxygen atoms in total. The largest absolute Gasteiger partial charge is 0.411 e. The molecule has 37 heavy (non-hydrogen) atoms. The third-order valence-electron chi connectivity index (χ3n) is 5.24. The molecule has 204 valence electrons. The van der Waals surface area contributed by atoms with Crippen molar-refractivity contribution in [2.45, 2.75) is 79.2 Å². The van der Waals surface area contributed by atoms with Gasteiger partial charge in [0, 0.05) is 24.4 Å². The van der Waals surface area contributed by atoms with Crippen molar-refractivity contribution < 1.29 is 23.9 Å². The molecule has 1 unspecified atom stereocenters. The maximum atomic E-state index is 12.6. The van der Waals surface area contributed by atoms with Gasteiger partial charge >= 0.3 is 18.1 Å². The summed E-state index contributed by atoms with van der Waals surface area (Å²) in [6.45, 7) is 12.6. The fourth-order valence-electron chi connectivity index (χ4n) is 3.41. The Kier molecular flexibility index (Phi) is 10.0. The number of nitrogens with one attached hydrogen (secondary N) is 3. The van der Waals surface area contributed by atoms with E-state index in [0.717, 1.165) is 29.7 Å². The minimum absolute atomic E-state index is 0.133. The molecule has 1 heterocycles. The molecule has 0 radical (unpaired) electrons. The van der Waals surface area contributed by atoms with E-state index in [1.54, 1.807) is 20.8 Å². The summed E-state index contributed by atoms with van der Waals surface area (Å²) in [6.07, 6.45) is 0.391. The maximum absolute atomic E-state index is 12.6. The van der Waals surface area contributed by atoms with Gasteiger partial charge in [-0.15, -0.1) is 11.3 Å². The second-order valence-electron chi connectivity index (χ2n) is 10.9. The smallest absolute Gasteiger partial charge is 0.392 e. The first-order valence-electron chi connectivity index (χ1n) is 12.1. The molecule has 11 heteroatoms. The van der Waals surface area contributed by atoms with Crippen molar-refractivity contribution in [2.24, 2.45) is 11.1 Å². The summed E-state index contributed by atoms with van der Waals surface area (Å²) < 4.78 is 11.0. The lowest BCUT2D eigenvalue weighted by molar-refractivity contribution is -0.243. The molecule has 0 fully saturated rings. The second-order valence-corrected chi connectivity index (χ2v) is 11.7. The van der Waals surface area contributed by atoms with Gasteiger partial charge < -0.3 is 25.8 Å². The van der Waals surface area contributed by atoms with E-state index in [-0.39, 0.29) is 5.91 Å². The lowest BCUT2D eigenvalue weighted by atomic mass is 9.90. The molecule has 0 aliphatic carbocycles. The normalized spacial score (nSPS) is 13.4. The third kappa shape index (κ3) is 10.0. The number of anilines is 1. The lowest BCUT2D eigenvalue weighted by Gasteiger charge is -2.42. The summed E-state index contributed by atoms with van der Waals surface area (Å²) in [4.78, 5) is 39.9. The first-order chi connectivity index (χ1) is 17.1. The van der Waals surface area contributed by atoms with Crippen LogP contribution in [-0.4, -0.2) is 41.1 Å². The Balaban J connectivity index is 2.00. The van der Waals surface area contributed by atoms with E-state index < -0.39 is 29.1 Å². The van der Waals surface area contributed by atoms with Crippen molar-refractivity contribution in [3.63, 3.8) is 0 Å². The zero-order chi connectivity index (χ0) is 27.9. The van der Waals surface area contributed by atoms with Crippen LogP contribution in [0, 0.1) is 5.41 Å². The first kappa shape index (κ1) is 30.0. The number of nitrogens with zero attached hydrogens (tertiary/aromatic N) is 1. The van der Waals surface area contributed by atoms with Crippen LogP contribution in [0.3, 0.4) is 0 Å². The van der Waals surface area contributed by atoms with Crippen LogP contribution in [0.5, 0.6) is 0 Å². The van der Waals surface area contributed by atoms with Crippen molar-refractivity contribution in [3.05, 3.63) is 46.5 Å². The van der Waals surface area contributed by atoms with Gasteiger partial charge in [0.2, 0.25) is 5.91 Å². The highest BCUT2D eigenvalue weighted by atomic mass is 32.1. The topological polar surface area (TPSA) is 145 Å². The SMILES string of the molecule is CC(=O)Nc1nc(CCc2ccc(CCNC(OC(N)=O)(OC(=O)NC(C)(C)C)C(C)(C)C)cc2)cs1. The maximum Gasteiger partial charge on any atom is 0.411 e. The number of amides is 3. The average Bonchev–Trinajstić information content (AvgIpc) is 3.17. The Morgan fingerprint density at radius 3 is 2.05 bits per heavy atom. The van der Waals surface area contributed by atoms with E-state index in [9.17, 15) is 14.4 Å². The van der Waals surface area contributed by atoms with Crippen molar-refractivity contribution in [2.75, 3.05) is 11.9 Å². The van der Waals surface area contributed by atoms with Gasteiger partial charge in [0.15, 0.2) is 5.13 Å². The number of primary amides is 1. The molecule has 5 N–H and O–H groups in total. The van der Waals surface area contributed by atoms with Crippen molar-refractivity contribution in [1.82, 2.24) is 15.6 Å². The van der Waals surface area contributed by atoms with Crippen LogP contribution < -0.4 is 21.7 Å². The highest BCUT2D eigenvalue weighted by Gasteiger charge is 2.50. The van der Waals surface area contributed by atoms with Gasteiger partial charge in [-0.2, -0.15) is 0 Å². The number of hydrogen-bond acceptors (Lipinski definition) is 8. The van der Waals surface area contributed by atoms with Gasteiger partial charge in [-0.3, -0.25) is 4.79 Å². The summed E-state index contributed by atoms with van der Waals surface area (Å²) >= 11 is 1.41. The molecular weight excluding hydrogens is 494 g/mol.